The van der Waals surface area contributed by atoms with Gasteiger partial charge in [0.25, 0.3) is 0 Å². The third-order valence-electron chi connectivity index (χ3n) is 2.65. The Balaban J connectivity index is 2.53. The third kappa shape index (κ3) is 2.23. The van der Waals surface area contributed by atoms with Crippen LogP contribution < -0.4 is 4.74 Å². The van der Waals surface area contributed by atoms with Gasteiger partial charge in [0.1, 0.15) is 5.75 Å². The van der Waals surface area contributed by atoms with Crippen LogP contribution in [-0.4, -0.2) is 18.2 Å². The van der Waals surface area contributed by atoms with Gasteiger partial charge in [0, 0.05) is 4.11 Å². The second-order valence-corrected chi connectivity index (χ2v) is 3.74. The van der Waals surface area contributed by atoms with E-state index in [1.165, 1.54) is 6.07 Å². The second kappa shape index (κ2) is 4.45. The van der Waals surface area contributed by atoms with Crippen LogP contribution in [0.25, 0.3) is 10.8 Å². The molecule has 0 bridgehead atoms. The Morgan fingerprint density at radius 2 is 2.00 bits per heavy atom. The van der Waals surface area contributed by atoms with Crippen molar-refractivity contribution in [1.29, 1.82) is 0 Å². The monoisotopic (exact) mass is 233 g/mol. The highest BCUT2D eigenvalue weighted by Crippen LogP contribution is 2.25. The van der Waals surface area contributed by atoms with Gasteiger partial charge in [-0.1, -0.05) is 24.3 Å². The summed E-state index contributed by atoms with van der Waals surface area (Å²) in [5.41, 5.74) is 0.273. The van der Waals surface area contributed by atoms with E-state index in [4.69, 9.17) is 14.0 Å². The molecule has 0 saturated carbocycles. The molecule has 88 valence electrons. The summed E-state index contributed by atoms with van der Waals surface area (Å²) in [5.74, 6) is -2.18. The minimum Gasteiger partial charge on any atom is -0.497 e. The summed E-state index contributed by atoms with van der Waals surface area (Å²) in [5, 5.41) is 10.8. The van der Waals surface area contributed by atoms with E-state index in [2.05, 4.69) is 0 Å². The van der Waals surface area contributed by atoms with Gasteiger partial charge in [-0.2, -0.15) is 0 Å². The Labute approximate surface area is 104 Å². The molecule has 0 radical (unpaired) electrons. The Morgan fingerprint density at radius 1 is 1.29 bits per heavy atom. The number of carboxylic acid groups (broad SMARTS) is 1. The summed E-state index contributed by atoms with van der Waals surface area (Å²) in [6, 6.07) is 10.2. The lowest BCUT2D eigenvalue weighted by Gasteiger charge is -2.08. The fraction of sp³-hybridized carbons (Fsp3) is 0.214. The van der Waals surface area contributed by atoms with Crippen LogP contribution in [0.5, 0.6) is 5.75 Å². The molecule has 2 rings (SSSR count). The van der Waals surface area contributed by atoms with Crippen LogP contribution in [0.4, 0.5) is 0 Å². The molecule has 1 N–H and O–H groups in total. The fourth-order valence-corrected chi connectivity index (χ4v) is 1.69. The highest BCUT2D eigenvalue weighted by molar-refractivity contribution is 5.86. The van der Waals surface area contributed by atoms with Crippen molar-refractivity contribution >= 4 is 16.7 Å². The predicted molar refractivity (Wildman–Crippen MR) is 66.6 cm³/mol. The van der Waals surface area contributed by atoms with Gasteiger partial charge in [-0.25, -0.2) is 0 Å². The molecule has 0 aliphatic rings. The Bertz CT molecular complexity index is 650. The number of carbonyl (C=O) groups is 1. The van der Waals surface area contributed by atoms with Gasteiger partial charge in [-0.15, -0.1) is 0 Å². The number of hydrogen-bond donors (Lipinski definition) is 1. The number of ether oxygens (including phenoxy) is 1. The Morgan fingerprint density at radius 3 is 2.65 bits per heavy atom. The summed E-state index contributed by atoms with van der Waals surface area (Å²) in [6.45, 7) is -2.58. The molecule has 1 unspecified atom stereocenters. The topological polar surface area (TPSA) is 46.5 Å². The molecule has 0 heterocycles. The number of rotatable bonds is 3. The lowest BCUT2D eigenvalue weighted by molar-refractivity contribution is -0.138. The maximum absolute atomic E-state index is 11.2. The Hall–Kier alpha value is -2.03. The van der Waals surface area contributed by atoms with Crippen molar-refractivity contribution in [2.24, 2.45) is 0 Å². The highest BCUT2D eigenvalue weighted by Gasteiger charge is 2.13. The van der Waals surface area contributed by atoms with E-state index in [0.29, 0.717) is 5.75 Å². The number of aliphatic carboxylic acids is 1. The van der Waals surface area contributed by atoms with E-state index in [0.717, 1.165) is 10.8 Å². The van der Waals surface area contributed by atoms with Crippen LogP contribution in [0.15, 0.2) is 36.4 Å². The zero-order chi connectivity index (χ0) is 14.9. The van der Waals surface area contributed by atoms with Gasteiger partial charge in [0.15, 0.2) is 0 Å². The van der Waals surface area contributed by atoms with E-state index in [-0.39, 0.29) is 5.56 Å². The largest absolute Gasteiger partial charge is 0.497 e. The lowest BCUT2D eigenvalue weighted by atomic mass is 9.98. The zero-order valence-corrected chi connectivity index (χ0v) is 9.31. The second-order valence-electron chi connectivity index (χ2n) is 3.74. The number of methoxy groups -OCH3 is 1. The van der Waals surface area contributed by atoms with E-state index in [9.17, 15) is 4.79 Å². The molecular formula is C14H14O3. The van der Waals surface area contributed by atoms with Crippen LogP contribution in [0.3, 0.4) is 0 Å². The molecular weight excluding hydrogens is 216 g/mol. The van der Waals surface area contributed by atoms with Gasteiger partial charge in [-0.05, 0) is 35.3 Å². The average Bonchev–Trinajstić information content (AvgIpc) is 2.36. The number of hydrogen-bond acceptors (Lipinski definition) is 2. The molecule has 0 saturated heterocycles. The molecule has 1 atom stereocenters. The number of benzene rings is 2. The molecule has 3 nitrogen and oxygen atoms in total. The molecule has 3 heteroatoms. The van der Waals surface area contributed by atoms with Crippen LogP contribution >= 0.6 is 0 Å². The van der Waals surface area contributed by atoms with Gasteiger partial charge < -0.3 is 9.84 Å². The van der Waals surface area contributed by atoms with Crippen molar-refractivity contribution in [3.05, 3.63) is 42.0 Å². The number of fused-ring (bicyclic) bond motifs is 1. The first-order valence-corrected chi connectivity index (χ1v) is 5.13. The fourth-order valence-electron chi connectivity index (χ4n) is 1.69. The van der Waals surface area contributed by atoms with Crippen molar-refractivity contribution in [3.63, 3.8) is 0 Å². The summed E-state index contributed by atoms with van der Waals surface area (Å²) in [4.78, 5) is 11.2. The number of carboxylic acids is 1. The van der Waals surface area contributed by atoms with Gasteiger partial charge in [0.05, 0.1) is 13.0 Å². The quantitative estimate of drug-likeness (QED) is 0.886. The lowest BCUT2D eigenvalue weighted by Crippen LogP contribution is -2.06. The summed E-state index contributed by atoms with van der Waals surface area (Å²) in [6.07, 6.45) is 0. The van der Waals surface area contributed by atoms with Crippen molar-refractivity contribution < 1.29 is 18.8 Å². The first kappa shape index (κ1) is 8.12. The molecule has 0 aliphatic carbocycles. The summed E-state index contributed by atoms with van der Waals surface area (Å²) >= 11 is 0. The maximum Gasteiger partial charge on any atom is 0.310 e. The van der Waals surface area contributed by atoms with Crippen molar-refractivity contribution in [2.45, 2.75) is 12.8 Å². The standard InChI is InChI=1S/C14H14O3/c1-9(14(15)16)10-3-4-12-8-13(17-2)6-5-11(12)7-10/h3-9H,1-2H3,(H,15,16)/i1D3. The van der Waals surface area contributed by atoms with Gasteiger partial charge in [0.2, 0.25) is 0 Å². The third-order valence-corrected chi connectivity index (χ3v) is 2.65. The average molecular weight is 233 g/mol. The molecule has 0 amide bonds. The minimum absolute atomic E-state index is 0.273. The zero-order valence-electron chi connectivity index (χ0n) is 12.3. The SMILES string of the molecule is [2H]C([2H])([2H])C(C(=O)O)c1ccc2cc(OC)ccc2c1. The molecule has 0 spiro atoms. The van der Waals surface area contributed by atoms with E-state index in [1.807, 2.05) is 6.07 Å². The van der Waals surface area contributed by atoms with Crippen LogP contribution in [0, 0.1) is 0 Å². The molecule has 0 aromatic heterocycles. The smallest absolute Gasteiger partial charge is 0.310 e. The molecule has 2 aromatic carbocycles. The van der Waals surface area contributed by atoms with E-state index >= 15 is 0 Å². The first-order chi connectivity index (χ1) is 9.32. The van der Waals surface area contributed by atoms with Gasteiger partial charge >= 0.3 is 5.97 Å². The normalized spacial score (nSPS) is 15.7. The Kier molecular flexibility index (Phi) is 2.13. The van der Waals surface area contributed by atoms with Gasteiger partial charge in [-0.3, -0.25) is 4.79 Å². The van der Waals surface area contributed by atoms with Crippen LogP contribution in [0.2, 0.25) is 0 Å². The van der Waals surface area contributed by atoms with E-state index < -0.39 is 18.7 Å². The van der Waals surface area contributed by atoms with Crippen LogP contribution in [-0.2, 0) is 4.79 Å². The molecule has 17 heavy (non-hydrogen) atoms. The van der Waals surface area contributed by atoms with Crippen molar-refractivity contribution in [1.82, 2.24) is 0 Å². The minimum atomic E-state index is -2.58. The van der Waals surface area contributed by atoms with Crippen molar-refractivity contribution in [3.8, 4) is 5.75 Å². The highest BCUT2D eigenvalue weighted by atomic mass is 16.5. The summed E-state index contributed by atoms with van der Waals surface area (Å²) < 4.78 is 27.2. The molecule has 0 aliphatic heterocycles. The van der Waals surface area contributed by atoms with E-state index in [1.54, 1.807) is 31.4 Å². The maximum atomic E-state index is 11.2. The molecule has 2 aromatic rings. The summed E-state index contributed by atoms with van der Waals surface area (Å²) in [7, 11) is 1.56. The van der Waals surface area contributed by atoms with Crippen molar-refractivity contribution in [2.75, 3.05) is 7.11 Å². The molecule has 0 fully saturated rings. The predicted octanol–water partition coefficient (Wildman–Crippen LogP) is 3.04. The first-order valence-electron chi connectivity index (χ1n) is 6.63. The van der Waals surface area contributed by atoms with Crippen LogP contribution in [0.1, 0.15) is 22.4 Å².